The van der Waals surface area contributed by atoms with Gasteiger partial charge < -0.3 is 15.0 Å². The van der Waals surface area contributed by atoms with Crippen molar-refractivity contribution in [3.05, 3.63) is 59.7 Å². The number of thiocarbonyl (C=S) groups is 1. The van der Waals surface area contributed by atoms with Crippen molar-refractivity contribution < 1.29 is 14.3 Å². The van der Waals surface area contributed by atoms with Gasteiger partial charge in [0.2, 0.25) is 0 Å². The molecule has 0 radical (unpaired) electrons. The van der Waals surface area contributed by atoms with E-state index in [1.165, 1.54) is 0 Å². The second kappa shape index (κ2) is 13.5. The Morgan fingerprint density at radius 2 is 1.62 bits per heavy atom. The Morgan fingerprint density at radius 3 is 2.31 bits per heavy atom. The molecule has 0 aliphatic rings. The molecule has 0 unspecified atom stereocenters. The number of carbonyl (C=O) groups is 2. The van der Waals surface area contributed by atoms with Crippen LogP contribution in [0.4, 0.5) is 5.69 Å². The lowest BCUT2D eigenvalue weighted by molar-refractivity contribution is 0.0755. The fourth-order valence-electron chi connectivity index (χ4n) is 3.17. The predicted molar refractivity (Wildman–Crippen MR) is 133 cm³/mol. The highest BCUT2D eigenvalue weighted by Crippen LogP contribution is 2.15. The fraction of sp³-hybridized carbons (Fsp3) is 0.400. The lowest BCUT2D eigenvalue weighted by Crippen LogP contribution is -2.34. The van der Waals surface area contributed by atoms with Gasteiger partial charge in [-0.2, -0.15) is 0 Å². The second-order valence-electron chi connectivity index (χ2n) is 7.51. The number of nitrogens with one attached hydrogen (secondary N) is 2. The molecule has 0 aromatic heterocycles. The van der Waals surface area contributed by atoms with Gasteiger partial charge in [0.25, 0.3) is 11.8 Å². The smallest absolute Gasteiger partial charge is 0.257 e. The molecule has 7 heteroatoms. The number of amides is 2. The van der Waals surface area contributed by atoms with E-state index in [9.17, 15) is 9.59 Å². The van der Waals surface area contributed by atoms with Crippen molar-refractivity contribution in [1.82, 2.24) is 10.2 Å². The van der Waals surface area contributed by atoms with Crippen LogP contribution in [0, 0.1) is 0 Å². The fourth-order valence-corrected chi connectivity index (χ4v) is 3.38. The third-order valence-electron chi connectivity index (χ3n) is 4.73. The highest BCUT2D eigenvalue weighted by Gasteiger charge is 2.15. The summed E-state index contributed by atoms with van der Waals surface area (Å²) in [7, 11) is 0. The first-order valence-electron chi connectivity index (χ1n) is 11.2. The van der Waals surface area contributed by atoms with E-state index in [0.717, 1.165) is 38.8 Å². The van der Waals surface area contributed by atoms with Crippen LogP contribution in [0.25, 0.3) is 0 Å². The molecule has 0 saturated heterocycles. The SMILES string of the molecule is CCCCOc1cccc(C(=O)NC(=S)Nc2cccc(C(=O)N(CCC)CCC)c2)c1. The lowest BCUT2D eigenvalue weighted by atomic mass is 10.1. The molecule has 2 rings (SSSR count). The Bertz CT molecular complexity index is 911. The minimum absolute atomic E-state index is 0.00723. The number of benzene rings is 2. The third-order valence-corrected chi connectivity index (χ3v) is 4.94. The summed E-state index contributed by atoms with van der Waals surface area (Å²) in [4.78, 5) is 27.3. The number of hydrogen-bond acceptors (Lipinski definition) is 4. The molecule has 0 aliphatic carbocycles. The van der Waals surface area contributed by atoms with Crippen LogP contribution in [-0.4, -0.2) is 41.5 Å². The lowest BCUT2D eigenvalue weighted by Gasteiger charge is -2.21. The molecular weight excluding hydrogens is 422 g/mol. The molecule has 6 nitrogen and oxygen atoms in total. The molecule has 172 valence electrons. The Kier molecular flexibility index (Phi) is 10.7. The second-order valence-corrected chi connectivity index (χ2v) is 7.92. The maximum atomic E-state index is 12.8. The summed E-state index contributed by atoms with van der Waals surface area (Å²) in [5, 5.41) is 5.84. The van der Waals surface area contributed by atoms with E-state index in [1.54, 1.807) is 42.5 Å². The molecule has 0 bridgehead atoms. The first-order valence-corrected chi connectivity index (χ1v) is 11.6. The average Bonchev–Trinajstić information content (AvgIpc) is 2.79. The van der Waals surface area contributed by atoms with Crippen LogP contribution in [0.1, 0.15) is 67.2 Å². The molecule has 2 aromatic rings. The van der Waals surface area contributed by atoms with Gasteiger partial charge in [-0.25, -0.2) is 0 Å². The monoisotopic (exact) mass is 455 g/mol. The topological polar surface area (TPSA) is 70.7 Å². The summed E-state index contributed by atoms with van der Waals surface area (Å²) >= 11 is 5.30. The van der Waals surface area contributed by atoms with Gasteiger partial charge in [0, 0.05) is 29.9 Å². The summed E-state index contributed by atoms with van der Waals surface area (Å²) in [6.45, 7) is 8.27. The summed E-state index contributed by atoms with van der Waals surface area (Å²) in [5.74, 6) is 0.319. The molecule has 2 N–H and O–H groups in total. The minimum atomic E-state index is -0.326. The number of carbonyl (C=O) groups excluding carboxylic acids is 2. The van der Waals surface area contributed by atoms with Gasteiger partial charge >= 0.3 is 0 Å². The van der Waals surface area contributed by atoms with Gasteiger partial charge in [-0.05, 0) is 67.9 Å². The standard InChI is InChI=1S/C25H33N3O3S/c1-4-7-16-31-22-13-9-10-19(18-22)23(29)27-25(32)26-21-12-8-11-20(17-21)24(30)28(14-5-2)15-6-3/h8-13,17-18H,4-7,14-16H2,1-3H3,(H2,26,27,29,32). The van der Waals surface area contributed by atoms with Crippen LogP contribution >= 0.6 is 12.2 Å². The van der Waals surface area contributed by atoms with E-state index < -0.39 is 0 Å². The minimum Gasteiger partial charge on any atom is -0.494 e. The number of hydrogen-bond donors (Lipinski definition) is 2. The van der Waals surface area contributed by atoms with E-state index in [4.69, 9.17) is 17.0 Å². The summed E-state index contributed by atoms with van der Waals surface area (Å²) in [5.41, 5.74) is 1.69. The zero-order chi connectivity index (χ0) is 23.3. The van der Waals surface area contributed by atoms with Crippen LogP contribution in [0.5, 0.6) is 5.75 Å². The van der Waals surface area contributed by atoms with E-state index in [1.807, 2.05) is 11.0 Å². The highest BCUT2D eigenvalue weighted by molar-refractivity contribution is 7.80. The van der Waals surface area contributed by atoms with Gasteiger partial charge in [0.05, 0.1) is 6.61 Å². The van der Waals surface area contributed by atoms with Gasteiger partial charge in [0.15, 0.2) is 5.11 Å². The van der Waals surface area contributed by atoms with Crippen molar-refractivity contribution in [2.24, 2.45) is 0 Å². The van der Waals surface area contributed by atoms with E-state index in [2.05, 4.69) is 31.4 Å². The molecule has 0 aliphatic heterocycles. The molecule has 0 atom stereocenters. The molecule has 0 fully saturated rings. The molecular formula is C25H33N3O3S. The van der Waals surface area contributed by atoms with Crippen molar-refractivity contribution in [2.75, 3.05) is 25.0 Å². The van der Waals surface area contributed by atoms with Gasteiger partial charge in [-0.1, -0.05) is 39.3 Å². The predicted octanol–water partition coefficient (Wildman–Crippen LogP) is 5.25. The van der Waals surface area contributed by atoms with Crippen molar-refractivity contribution in [3.8, 4) is 5.75 Å². The highest BCUT2D eigenvalue weighted by atomic mass is 32.1. The van der Waals surface area contributed by atoms with E-state index in [0.29, 0.717) is 29.2 Å². The van der Waals surface area contributed by atoms with Gasteiger partial charge in [-0.3, -0.25) is 14.9 Å². The largest absolute Gasteiger partial charge is 0.494 e. The zero-order valence-corrected chi connectivity index (χ0v) is 20.0. The Balaban J connectivity index is 1.99. The Labute approximate surface area is 196 Å². The number of unbranched alkanes of at least 4 members (excludes halogenated alkanes) is 1. The van der Waals surface area contributed by atoms with Crippen molar-refractivity contribution in [1.29, 1.82) is 0 Å². The third kappa shape index (κ3) is 7.96. The van der Waals surface area contributed by atoms with Crippen LogP contribution in [0.3, 0.4) is 0 Å². The summed E-state index contributed by atoms with van der Waals surface area (Å²) in [6, 6.07) is 14.2. The van der Waals surface area contributed by atoms with Crippen LogP contribution in [-0.2, 0) is 0 Å². The summed E-state index contributed by atoms with van der Waals surface area (Å²) < 4.78 is 5.66. The van der Waals surface area contributed by atoms with Crippen molar-refractivity contribution in [2.45, 2.75) is 46.5 Å². The van der Waals surface area contributed by atoms with E-state index >= 15 is 0 Å². The van der Waals surface area contributed by atoms with Crippen LogP contribution in [0.15, 0.2) is 48.5 Å². The number of nitrogens with zero attached hydrogens (tertiary/aromatic N) is 1. The molecule has 0 spiro atoms. The Hall–Kier alpha value is -2.93. The van der Waals surface area contributed by atoms with Gasteiger partial charge in [-0.15, -0.1) is 0 Å². The zero-order valence-electron chi connectivity index (χ0n) is 19.1. The maximum absolute atomic E-state index is 12.8. The molecule has 0 heterocycles. The number of rotatable bonds is 11. The normalized spacial score (nSPS) is 10.3. The quantitative estimate of drug-likeness (QED) is 0.357. The first kappa shape index (κ1) is 25.3. The number of ether oxygens (including phenoxy) is 1. The van der Waals surface area contributed by atoms with Crippen LogP contribution < -0.4 is 15.4 Å². The van der Waals surface area contributed by atoms with Gasteiger partial charge in [0.1, 0.15) is 5.75 Å². The average molecular weight is 456 g/mol. The maximum Gasteiger partial charge on any atom is 0.257 e. The molecule has 2 amide bonds. The van der Waals surface area contributed by atoms with Crippen molar-refractivity contribution >= 4 is 34.8 Å². The summed E-state index contributed by atoms with van der Waals surface area (Å²) in [6.07, 6.45) is 3.82. The first-order chi connectivity index (χ1) is 15.5. The Morgan fingerprint density at radius 1 is 0.938 bits per heavy atom. The molecule has 0 saturated carbocycles. The molecule has 2 aromatic carbocycles. The molecule has 32 heavy (non-hydrogen) atoms. The van der Waals surface area contributed by atoms with Crippen LogP contribution in [0.2, 0.25) is 0 Å². The van der Waals surface area contributed by atoms with Crippen molar-refractivity contribution in [3.63, 3.8) is 0 Å². The number of anilines is 1. The van der Waals surface area contributed by atoms with E-state index in [-0.39, 0.29) is 16.9 Å².